The second-order valence-electron chi connectivity index (χ2n) is 5.86. The van der Waals surface area contributed by atoms with E-state index in [4.69, 9.17) is 0 Å². The summed E-state index contributed by atoms with van der Waals surface area (Å²) < 4.78 is 0. The molecule has 1 aliphatic carbocycles. The first kappa shape index (κ1) is 19.5. The highest BCUT2D eigenvalue weighted by Crippen LogP contribution is 2.33. The van der Waals surface area contributed by atoms with Gasteiger partial charge in [0.05, 0.1) is 11.3 Å². The Hall–Kier alpha value is -1.59. The molecule has 1 atom stereocenters. The Morgan fingerprint density at radius 3 is 2.57 bits per heavy atom. The number of halogens is 1. The summed E-state index contributed by atoms with van der Waals surface area (Å²) in [5.41, 5.74) is 1.22. The number of amides is 2. The highest BCUT2D eigenvalue weighted by Gasteiger charge is 2.33. The maximum absolute atomic E-state index is 12.4. The number of hydrogen-bond acceptors (Lipinski definition) is 3. The Bertz CT molecular complexity index is 546. The third-order valence-electron chi connectivity index (χ3n) is 3.89. The van der Waals surface area contributed by atoms with Crippen molar-refractivity contribution in [3.05, 3.63) is 29.8 Å². The number of hydrogen-bond donors (Lipinski definition) is 2. The van der Waals surface area contributed by atoms with Crippen LogP contribution in [0.3, 0.4) is 0 Å². The zero-order chi connectivity index (χ0) is 16.1. The van der Waals surface area contributed by atoms with Crippen LogP contribution in [0.4, 0.5) is 5.69 Å². The predicted octanol–water partition coefficient (Wildman–Crippen LogP) is 2.21. The van der Waals surface area contributed by atoms with Crippen LogP contribution < -0.4 is 15.5 Å². The van der Waals surface area contributed by atoms with E-state index in [-0.39, 0.29) is 36.2 Å². The van der Waals surface area contributed by atoms with Gasteiger partial charge in [-0.2, -0.15) is 0 Å². The van der Waals surface area contributed by atoms with Crippen LogP contribution in [-0.4, -0.2) is 38.0 Å². The zero-order valence-electron chi connectivity index (χ0n) is 14.0. The lowest BCUT2D eigenvalue weighted by Gasteiger charge is -2.21. The number of nitrogens with one attached hydrogen (secondary N) is 2. The van der Waals surface area contributed by atoms with Crippen LogP contribution in [-0.2, 0) is 4.79 Å². The lowest BCUT2D eigenvalue weighted by atomic mass is 10.1. The molecule has 0 bridgehead atoms. The molecule has 0 aromatic heterocycles. The van der Waals surface area contributed by atoms with Crippen molar-refractivity contribution < 1.29 is 9.59 Å². The first-order valence-corrected chi connectivity index (χ1v) is 7.92. The van der Waals surface area contributed by atoms with Gasteiger partial charge in [0.2, 0.25) is 5.91 Å². The van der Waals surface area contributed by atoms with Crippen LogP contribution in [0.25, 0.3) is 0 Å². The van der Waals surface area contributed by atoms with Gasteiger partial charge < -0.3 is 15.5 Å². The fraction of sp³-hybridized carbons (Fsp3) is 0.529. The van der Waals surface area contributed by atoms with Gasteiger partial charge in [0.1, 0.15) is 0 Å². The van der Waals surface area contributed by atoms with Crippen molar-refractivity contribution in [2.75, 3.05) is 25.0 Å². The SMILES string of the molecule is CCN[C@H](C)CNC(=O)c1ccccc1N(C)C(=O)C1CC1.Cl. The molecule has 2 rings (SSSR count). The minimum absolute atomic E-state index is 0. The Kier molecular flexibility index (Phi) is 7.52. The highest BCUT2D eigenvalue weighted by molar-refractivity contribution is 6.05. The summed E-state index contributed by atoms with van der Waals surface area (Å²) >= 11 is 0. The summed E-state index contributed by atoms with van der Waals surface area (Å²) in [7, 11) is 1.74. The van der Waals surface area contributed by atoms with Gasteiger partial charge in [-0.05, 0) is 38.4 Å². The fourth-order valence-corrected chi connectivity index (χ4v) is 2.44. The van der Waals surface area contributed by atoms with E-state index in [1.165, 1.54) is 0 Å². The summed E-state index contributed by atoms with van der Waals surface area (Å²) in [6.07, 6.45) is 1.91. The molecule has 2 amide bonds. The standard InChI is InChI=1S/C17H25N3O2.ClH/c1-4-18-12(2)11-19-16(21)14-7-5-6-8-15(14)20(3)17(22)13-9-10-13;/h5-8,12-13,18H,4,9-11H2,1-3H3,(H,19,21);1H/t12-;/m1./s1. The van der Waals surface area contributed by atoms with Crippen LogP contribution in [0.5, 0.6) is 0 Å². The van der Waals surface area contributed by atoms with E-state index in [2.05, 4.69) is 10.6 Å². The van der Waals surface area contributed by atoms with E-state index < -0.39 is 0 Å². The van der Waals surface area contributed by atoms with Crippen LogP contribution in [0.2, 0.25) is 0 Å². The van der Waals surface area contributed by atoms with E-state index in [1.807, 2.05) is 32.0 Å². The van der Waals surface area contributed by atoms with Crippen LogP contribution in [0, 0.1) is 5.92 Å². The van der Waals surface area contributed by atoms with Crippen molar-refractivity contribution in [3.63, 3.8) is 0 Å². The summed E-state index contributed by atoms with van der Waals surface area (Å²) in [5.74, 6) is 0.0898. The van der Waals surface area contributed by atoms with Crippen LogP contribution in [0.1, 0.15) is 37.0 Å². The van der Waals surface area contributed by atoms with Gasteiger partial charge in [-0.1, -0.05) is 19.1 Å². The molecule has 23 heavy (non-hydrogen) atoms. The second-order valence-corrected chi connectivity index (χ2v) is 5.86. The summed E-state index contributed by atoms with van der Waals surface area (Å²) in [6.45, 7) is 5.48. The molecule has 0 aliphatic heterocycles. The first-order chi connectivity index (χ1) is 10.5. The van der Waals surface area contributed by atoms with Crippen molar-refractivity contribution >= 4 is 29.9 Å². The van der Waals surface area contributed by atoms with E-state index in [1.54, 1.807) is 18.0 Å². The van der Waals surface area contributed by atoms with Gasteiger partial charge in [-0.3, -0.25) is 9.59 Å². The summed E-state index contributed by atoms with van der Waals surface area (Å²) in [4.78, 5) is 26.2. The lowest BCUT2D eigenvalue weighted by Crippen LogP contribution is -2.39. The van der Waals surface area contributed by atoms with Crippen LogP contribution >= 0.6 is 12.4 Å². The fourth-order valence-electron chi connectivity index (χ4n) is 2.44. The number of carbonyl (C=O) groups is 2. The summed E-state index contributed by atoms with van der Waals surface area (Å²) in [5, 5.41) is 6.18. The first-order valence-electron chi connectivity index (χ1n) is 7.92. The normalized spacial score (nSPS) is 14.6. The number of para-hydroxylation sites is 1. The second kappa shape index (κ2) is 8.89. The maximum Gasteiger partial charge on any atom is 0.253 e. The minimum atomic E-state index is -0.143. The molecule has 1 aromatic carbocycles. The molecule has 0 heterocycles. The number of nitrogens with zero attached hydrogens (tertiary/aromatic N) is 1. The molecule has 1 fully saturated rings. The topological polar surface area (TPSA) is 61.4 Å². The third kappa shape index (κ3) is 5.22. The number of anilines is 1. The molecule has 0 radical (unpaired) electrons. The Labute approximate surface area is 144 Å². The van der Waals surface area contributed by atoms with Crippen molar-refractivity contribution in [2.45, 2.75) is 32.7 Å². The molecule has 6 heteroatoms. The summed E-state index contributed by atoms with van der Waals surface area (Å²) in [6, 6.07) is 7.47. The molecule has 2 N–H and O–H groups in total. The maximum atomic E-state index is 12.4. The Morgan fingerprint density at radius 1 is 1.30 bits per heavy atom. The van der Waals surface area contributed by atoms with Crippen molar-refractivity contribution in [1.82, 2.24) is 10.6 Å². The van der Waals surface area contributed by atoms with Crippen molar-refractivity contribution in [3.8, 4) is 0 Å². The van der Waals surface area contributed by atoms with Crippen LogP contribution in [0.15, 0.2) is 24.3 Å². The molecule has 128 valence electrons. The van der Waals surface area contributed by atoms with Gasteiger partial charge >= 0.3 is 0 Å². The van der Waals surface area contributed by atoms with Gasteiger partial charge in [0.15, 0.2) is 0 Å². The molecule has 1 saturated carbocycles. The highest BCUT2D eigenvalue weighted by atomic mass is 35.5. The lowest BCUT2D eigenvalue weighted by molar-refractivity contribution is -0.119. The molecule has 5 nitrogen and oxygen atoms in total. The van der Waals surface area contributed by atoms with E-state index >= 15 is 0 Å². The number of carbonyl (C=O) groups excluding carboxylic acids is 2. The zero-order valence-corrected chi connectivity index (χ0v) is 14.8. The Balaban J connectivity index is 0.00000264. The Morgan fingerprint density at radius 2 is 1.96 bits per heavy atom. The number of benzene rings is 1. The molecular formula is C17H26ClN3O2. The molecule has 0 spiro atoms. The van der Waals surface area contributed by atoms with Crippen molar-refractivity contribution in [2.24, 2.45) is 5.92 Å². The third-order valence-corrected chi connectivity index (χ3v) is 3.89. The predicted molar refractivity (Wildman–Crippen MR) is 95.3 cm³/mol. The number of likely N-dealkylation sites (N-methyl/N-ethyl adjacent to an activating group) is 1. The van der Waals surface area contributed by atoms with E-state index in [0.717, 1.165) is 19.4 Å². The smallest absolute Gasteiger partial charge is 0.253 e. The molecule has 1 aliphatic rings. The largest absolute Gasteiger partial charge is 0.350 e. The minimum Gasteiger partial charge on any atom is -0.350 e. The molecule has 0 unspecified atom stereocenters. The van der Waals surface area contributed by atoms with Gasteiger partial charge in [0, 0.05) is 25.6 Å². The van der Waals surface area contributed by atoms with E-state index in [9.17, 15) is 9.59 Å². The van der Waals surface area contributed by atoms with Gasteiger partial charge in [0.25, 0.3) is 5.91 Å². The number of rotatable bonds is 7. The average Bonchev–Trinajstić information content (AvgIpc) is 3.36. The monoisotopic (exact) mass is 339 g/mol. The van der Waals surface area contributed by atoms with Gasteiger partial charge in [-0.15, -0.1) is 12.4 Å². The van der Waals surface area contributed by atoms with Crippen molar-refractivity contribution in [1.29, 1.82) is 0 Å². The quantitative estimate of drug-likeness (QED) is 0.800. The molecule has 1 aromatic rings. The van der Waals surface area contributed by atoms with E-state index in [0.29, 0.717) is 17.8 Å². The molecule has 0 saturated heterocycles. The molecular weight excluding hydrogens is 314 g/mol. The van der Waals surface area contributed by atoms with Gasteiger partial charge in [-0.25, -0.2) is 0 Å². The average molecular weight is 340 g/mol.